The molecule has 0 N–H and O–H groups in total. The highest BCUT2D eigenvalue weighted by molar-refractivity contribution is 7.00. The Balaban J connectivity index is 0.923. The van der Waals surface area contributed by atoms with Gasteiger partial charge in [-0.3, -0.25) is 0 Å². The molecule has 3 aliphatic heterocycles. The van der Waals surface area contributed by atoms with Crippen LogP contribution in [0.2, 0.25) is 0 Å². The molecule has 15 aliphatic rings. The number of nitrogens with zero attached hydrogens (tertiary/aromatic N) is 2. The summed E-state index contributed by atoms with van der Waals surface area (Å²) in [6.45, 7) is 1.46. The summed E-state index contributed by atoms with van der Waals surface area (Å²) in [5.41, 5.74) is 19.4. The molecule has 4 aromatic carbocycles. The predicted octanol–water partition coefficient (Wildman–Crippen LogP) is 12.0. The van der Waals surface area contributed by atoms with Crippen LogP contribution in [0.5, 0.6) is 0 Å². The number of fused-ring (bicyclic) bond motifs is 4. The minimum absolute atomic E-state index is 0.292. The third-order valence-corrected chi connectivity index (χ3v) is 21.1. The Morgan fingerprint density at radius 2 is 0.967 bits per heavy atom. The van der Waals surface area contributed by atoms with Crippen LogP contribution >= 0.6 is 0 Å². The standard InChI is InChI=1S/C57H63BN2/c1-2-5-45(6-3-1)60-50-28-37(53-38-16-31-13-32(18-38)19-39(53)17-31)8-10-48(50)58-49-11-9-46(55-42-24-35-15-36(26-42)27-43(55)25-35)47-7-4-12-59(57(47)49)51-29-44(30-52(60)56(51)58)54-40-20-33-14-34(22-40)23-41(54)21-33/h1-3,5-6,8-11,28-36,38-43,53-55H,4,7,12-27H2. The van der Waals surface area contributed by atoms with Crippen LogP contribution in [0, 0.1) is 71.0 Å². The summed E-state index contributed by atoms with van der Waals surface area (Å²) in [5.74, 6) is 13.7. The highest BCUT2D eigenvalue weighted by atomic mass is 15.2. The van der Waals surface area contributed by atoms with E-state index in [-0.39, 0.29) is 0 Å². The van der Waals surface area contributed by atoms with E-state index in [9.17, 15) is 0 Å². The Morgan fingerprint density at radius 1 is 0.450 bits per heavy atom. The summed E-state index contributed by atoms with van der Waals surface area (Å²) in [6.07, 6.45) is 25.1. The van der Waals surface area contributed by atoms with Crippen molar-refractivity contribution in [1.82, 2.24) is 0 Å². The van der Waals surface area contributed by atoms with Gasteiger partial charge in [-0.2, -0.15) is 0 Å². The van der Waals surface area contributed by atoms with E-state index in [2.05, 4.69) is 82.6 Å². The molecule has 0 aromatic heterocycles. The van der Waals surface area contributed by atoms with Gasteiger partial charge in [-0.15, -0.1) is 0 Å². The van der Waals surface area contributed by atoms with Gasteiger partial charge in [0.1, 0.15) is 0 Å². The molecule has 4 aromatic rings. The van der Waals surface area contributed by atoms with Gasteiger partial charge in [-0.25, -0.2) is 0 Å². The topological polar surface area (TPSA) is 6.48 Å². The fraction of sp³-hybridized carbons (Fsp3) is 0.579. The summed E-state index contributed by atoms with van der Waals surface area (Å²) >= 11 is 0. The van der Waals surface area contributed by atoms with Gasteiger partial charge in [-0.05, 0) is 267 Å². The number of anilines is 5. The molecule has 0 unspecified atom stereocenters. The second kappa shape index (κ2) is 12.2. The molecule has 0 amide bonds. The monoisotopic (exact) mass is 787 g/mol. The Labute approximate surface area is 359 Å². The first-order valence-electron chi connectivity index (χ1n) is 25.7. The summed E-state index contributed by atoms with van der Waals surface area (Å²) in [5, 5.41) is 0. The normalized spacial score (nSPS) is 41.2. The van der Waals surface area contributed by atoms with Crippen molar-refractivity contribution in [2.45, 2.75) is 127 Å². The lowest BCUT2D eigenvalue weighted by Crippen LogP contribution is -2.63. The van der Waals surface area contributed by atoms with Gasteiger partial charge in [0.15, 0.2) is 0 Å². The molecule has 12 saturated carbocycles. The second-order valence-electron chi connectivity index (χ2n) is 24.1. The van der Waals surface area contributed by atoms with E-state index < -0.39 is 0 Å². The molecule has 0 radical (unpaired) electrons. The molecule has 12 fully saturated rings. The summed E-state index contributed by atoms with van der Waals surface area (Å²) < 4.78 is 0. The maximum Gasteiger partial charge on any atom is 0.252 e. The molecule has 60 heavy (non-hydrogen) atoms. The van der Waals surface area contributed by atoms with Crippen LogP contribution in [0.15, 0.2) is 72.8 Å². The molecule has 12 aliphatic carbocycles. The van der Waals surface area contributed by atoms with Crippen LogP contribution in [-0.4, -0.2) is 13.3 Å². The van der Waals surface area contributed by atoms with Gasteiger partial charge < -0.3 is 9.80 Å². The zero-order valence-electron chi connectivity index (χ0n) is 35.8. The Morgan fingerprint density at radius 3 is 1.57 bits per heavy atom. The average Bonchev–Trinajstić information content (AvgIpc) is 3.24. The van der Waals surface area contributed by atoms with Crippen molar-refractivity contribution in [1.29, 1.82) is 0 Å². The van der Waals surface area contributed by atoms with Crippen LogP contribution in [0.4, 0.5) is 28.4 Å². The van der Waals surface area contributed by atoms with Crippen LogP contribution in [-0.2, 0) is 6.42 Å². The fourth-order valence-electron chi connectivity index (χ4n) is 20.1. The summed E-state index contributed by atoms with van der Waals surface area (Å²) in [7, 11) is 0. The summed E-state index contributed by atoms with van der Waals surface area (Å²) in [6, 6.07) is 30.9. The highest BCUT2D eigenvalue weighted by Crippen LogP contribution is 2.64. The molecule has 19 rings (SSSR count). The molecule has 0 spiro atoms. The lowest BCUT2D eigenvalue weighted by molar-refractivity contribution is -0.00306. The molecule has 2 nitrogen and oxygen atoms in total. The van der Waals surface area contributed by atoms with Crippen molar-refractivity contribution < 1.29 is 0 Å². The molecule has 3 heterocycles. The molecule has 304 valence electrons. The van der Waals surface area contributed by atoms with Crippen molar-refractivity contribution in [2.24, 2.45) is 71.0 Å². The van der Waals surface area contributed by atoms with E-state index in [1.807, 2.05) is 0 Å². The number of hydrogen-bond acceptors (Lipinski definition) is 2. The van der Waals surface area contributed by atoms with Gasteiger partial charge >= 0.3 is 0 Å². The van der Waals surface area contributed by atoms with E-state index >= 15 is 0 Å². The van der Waals surface area contributed by atoms with Gasteiger partial charge in [-0.1, -0.05) is 42.5 Å². The first kappa shape index (κ1) is 34.1. The molecule has 3 heteroatoms. The number of hydrogen-bond donors (Lipinski definition) is 0. The minimum atomic E-state index is 0.292. The largest absolute Gasteiger partial charge is 0.342 e. The van der Waals surface area contributed by atoms with Gasteiger partial charge in [0, 0.05) is 35.0 Å². The smallest absolute Gasteiger partial charge is 0.252 e. The third-order valence-electron chi connectivity index (χ3n) is 21.1. The fourth-order valence-corrected chi connectivity index (χ4v) is 20.1. The first-order chi connectivity index (χ1) is 29.6. The maximum atomic E-state index is 2.94. The van der Waals surface area contributed by atoms with Gasteiger partial charge in [0.2, 0.25) is 0 Å². The van der Waals surface area contributed by atoms with Crippen molar-refractivity contribution in [2.75, 3.05) is 16.3 Å². The van der Waals surface area contributed by atoms with E-state index in [1.165, 1.54) is 126 Å². The van der Waals surface area contributed by atoms with Crippen LogP contribution in [0.3, 0.4) is 0 Å². The van der Waals surface area contributed by atoms with Crippen LogP contribution in [0.25, 0.3) is 0 Å². The molecule has 0 atom stereocenters. The molecule has 0 saturated heterocycles. The quantitative estimate of drug-likeness (QED) is 0.167. The minimum Gasteiger partial charge on any atom is -0.342 e. The lowest BCUT2D eigenvalue weighted by atomic mass is 9.33. The van der Waals surface area contributed by atoms with Crippen molar-refractivity contribution in [3.05, 3.63) is 95.1 Å². The summed E-state index contributed by atoms with van der Waals surface area (Å²) in [4.78, 5) is 5.75. The van der Waals surface area contributed by atoms with Gasteiger partial charge in [0.05, 0.1) is 0 Å². The number of benzene rings is 4. The zero-order valence-corrected chi connectivity index (χ0v) is 35.8. The Kier molecular flexibility index (Phi) is 6.91. The predicted molar refractivity (Wildman–Crippen MR) is 247 cm³/mol. The maximum absolute atomic E-state index is 2.94. The van der Waals surface area contributed by atoms with E-state index in [4.69, 9.17) is 0 Å². The SMILES string of the molecule is c1ccc(N2c3cc(C4C5CC6CC(C5)CC4C6)ccc3B3c4ccc(C5C6CC7CC(C6)CC5C7)c5c4N(CCC5)c4cc(C5C6CC7CC(C6)CC5C7)cc2c43)cc1. The first-order valence-corrected chi connectivity index (χ1v) is 25.7. The van der Waals surface area contributed by atoms with Crippen LogP contribution < -0.4 is 26.2 Å². The number of para-hydroxylation sites is 1. The highest BCUT2D eigenvalue weighted by Gasteiger charge is 2.54. The van der Waals surface area contributed by atoms with Crippen molar-refractivity contribution in [3.8, 4) is 0 Å². The van der Waals surface area contributed by atoms with Gasteiger partial charge in [0.25, 0.3) is 6.71 Å². The number of rotatable bonds is 4. The van der Waals surface area contributed by atoms with Crippen molar-refractivity contribution >= 4 is 51.5 Å². The van der Waals surface area contributed by atoms with Crippen LogP contribution in [0.1, 0.15) is 143 Å². The average molecular weight is 787 g/mol. The third kappa shape index (κ3) is 4.59. The van der Waals surface area contributed by atoms with E-state index in [0.717, 1.165) is 88.8 Å². The molecular formula is C57H63BN2. The van der Waals surface area contributed by atoms with E-state index in [0.29, 0.717) is 6.71 Å². The molecule has 12 bridgehead atoms. The lowest BCUT2D eigenvalue weighted by Gasteiger charge is -2.56. The second-order valence-corrected chi connectivity index (χ2v) is 24.1. The zero-order chi connectivity index (χ0) is 38.5. The molecular weight excluding hydrogens is 723 g/mol. The van der Waals surface area contributed by atoms with Crippen molar-refractivity contribution in [3.63, 3.8) is 0 Å². The Bertz CT molecular complexity index is 2380. The van der Waals surface area contributed by atoms with E-state index in [1.54, 1.807) is 56.4 Å². The Hall–Kier alpha value is -3.46.